The summed E-state index contributed by atoms with van der Waals surface area (Å²) in [6, 6.07) is 8.55. The van der Waals surface area contributed by atoms with Crippen LogP contribution in [0.5, 0.6) is 0 Å². The summed E-state index contributed by atoms with van der Waals surface area (Å²) < 4.78 is 1.97. The lowest BCUT2D eigenvalue weighted by Gasteiger charge is -2.14. The predicted octanol–water partition coefficient (Wildman–Crippen LogP) is 2.05. The molecule has 1 amide bonds. The summed E-state index contributed by atoms with van der Waals surface area (Å²) in [5.74, 6) is 0.0904. The Morgan fingerprint density at radius 3 is 2.71 bits per heavy atom. The number of aromatic nitrogens is 2. The second-order valence-electron chi connectivity index (χ2n) is 4.94. The number of amides is 1. The van der Waals surface area contributed by atoms with Crippen molar-refractivity contribution in [3.05, 3.63) is 48.5 Å². The Morgan fingerprint density at radius 2 is 2.10 bits per heavy atom. The average molecular weight is 286 g/mol. The van der Waals surface area contributed by atoms with Crippen molar-refractivity contribution in [1.29, 1.82) is 0 Å². The minimum absolute atomic E-state index is 0.0904. The van der Waals surface area contributed by atoms with E-state index in [2.05, 4.69) is 46.8 Å². The highest BCUT2D eigenvalue weighted by atomic mass is 16.1. The van der Waals surface area contributed by atoms with Crippen molar-refractivity contribution in [2.75, 3.05) is 13.1 Å². The molecule has 5 heteroatoms. The molecule has 5 nitrogen and oxygen atoms in total. The number of nitrogens with one attached hydrogen (secondary N) is 2. The molecule has 0 bridgehead atoms. The van der Waals surface area contributed by atoms with E-state index >= 15 is 0 Å². The van der Waals surface area contributed by atoms with Crippen LogP contribution in [0.15, 0.2) is 43.0 Å². The Kier molecular flexibility index (Phi) is 5.51. The van der Waals surface area contributed by atoms with Crippen molar-refractivity contribution in [3.63, 3.8) is 0 Å². The molecule has 21 heavy (non-hydrogen) atoms. The maximum absolute atomic E-state index is 11.4. The van der Waals surface area contributed by atoms with E-state index in [4.69, 9.17) is 0 Å². The fourth-order valence-corrected chi connectivity index (χ4v) is 2.15. The highest BCUT2D eigenvalue weighted by Crippen LogP contribution is 2.15. The molecule has 1 atom stereocenters. The summed E-state index contributed by atoms with van der Waals surface area (Å²) in [7, 11) is 0. The lowest BCUT2D eigenvalue weighted by Crippen LogP contribution is -2.28. The van der Waals surface area contributed by atoms with Gasteiger partial charge in [-0.3, -0.25) is 4.79 Å². The molecular weight excluding hydrogens is 264 g/mol. The fraction of sp³-hybridized carbons (Fsp3) is 0.375. The van der Waals surface area contributed by atoms with E-state index in [1.807, 2.05) is 17.7 Å². The van der Waals surface area contributed by atoms with Crippen LogP contribution in [0.25, 0.3) is 5.69 Å². The standard InChI is InChI=1S/C16H22N4O/c1-3-18-16(21)8-9-19-13(2)14-4-6-15(7-5-14)20-11-10-17-12-20/h4-7,10-13,19H,3,8-9H2,1-2H3,(H,18,21). The Bertz CT molecular complexity index is 548. The van der Waals surface area contributed by atoms with Crippen LogP contribution >= 0.6 is 0 Å². The van der Waals surface area contributed by atoms with Gasteiger partial charge in [-0.15, -0.1) is 0 Å². The molecule has 0 saturated carbocycles. The van der Waals surface area contributed by atoms with E-state index in [0.29, 0.717) is 19.5 Å². The summed E-state index contributed by atoms with van der Waals surface area (Å²) in [5, 5.41) is 6.16. The van der Waals surface area contributed by atoms with Gasteiger partial charge in [0.2, 0.25) is 5.91 Å². The highest BCUT2D eigenvalue weighted by Gasteiger charge is 2.06. The van der Waals surface area contributed by atoms with Gasteiger partial charge < -0.3 is 15.2 Å². The van der Waals surface area contributed by atoms with Crippen molar-refractivity contribution in [3.8, 4) is 5.69 Å². The summed E-state index contributed by atoms with van der Waals surface area (Å²) >= 11 is 0. The number of nitrogens with zero attached hydrogens (tertiary/aromatic N) is 2. The number of carbonyl (C=O) groups is 1. The lowest BCUT2D eigenvalue weighted by atomic mass is 10.1. The number of hydrogen-bond acceptors (Lipinski definition) is 3. The highest BCUT2D eigenvalue weighted by molar-refractivity contribution is 5.75. The summed E-state index contributed by atoms with van der Waals surface area (Å²) in [5.41, 5.74) is 2.29. The smallest absolute Gasteiger partial charge is 0.221 e. The molecule has 0 aliphatic carbocycles. The molecule has 2 N–H and O–H groups in total. The van der Waals surface area contributed by atoms with Gasteiger partial charge in [0.15, 0.2) is 0 Å². The predicted molar refractivity (Wildman–Crippen MR) is 83.3 cm³/mol. The van der Waals surface area contributed by atoms with Gasteiger partial charge in [-0.05, 0) is 31.5 Å². The van der Waals surface area contributed by atoms with Gasteiger partial charge in [0.25, 0.3) is 0 Å². The molecule has 0 aliphatic rings. The molecule has 1 unspecified atom stereocenters. The first-order chi connectivity index (χ1) is 10.2. The van der Waals surface area contributed by atoms with Gasteiger partial charge in [-0.1, -0.05) is 12.1 Å². The third kappa shape index (κ3) is 4.43. The van der Waals surface area contributed by atoms with Crippen LogP contribution in [0.3, 0.4) is 0 Å². The van der Waals surface area contributed by atoms with Crippen LogP contribution < -0.4 is 10.6 Å². The molecule has 112 valence electrons. The van der Waals surface area contributed by atoms with Crippen LogP contribution in [0.2, 0.25) is 0 Å². The Labute approximate surface area is 125 Å². The molecule has 0 radical (unpaired) electrons. The molecule has 0 saturated heterocycles. The van der Waals surface area contributed by atoms with Gasteiger partial charge >= 0.3 is 0 Å². The Hall–Kier alpha value is -2.14. The van der Waals surface area contributed by atoms with Crippen LogP contribution in [0, 0.1) is 0 Å². The second kappa shape index (κ2) is 7.59. The second-order valence-corrected chi connectivity index (χ2v) is 4.94. The zero-order valence-corrected chi connectivity index (χ0v) is 12.5. The van der Waals surface area contributed by atoms with Crippen molar-refractivity contribution >= 4 is 5.91 Å². The summed E-state index contributed by atoms with van der Waals surface area (Å²) in [4.78, 5) is 15.4. The van der Waals surface area contributed by atoms with E-state index in [9.17, 15) is 4.79 Å². The quantitative estimate of drug-likeness (QED) is 0.819. The normalized spacial score (nSPS) is 12.1. The number of imidazole rings is 1. The van der Waals surface area contributed by atoms with Gasteiger partial charge in [-0.25, -0.2) is 4.98 Å². The van der Waals surface area contributed by atoms with Crippen molar-refractivity contribution in [2.45, 2.75) is 26.3 Å². The van der Waals surface area contributed by atoms with Crippen LogP contribution in [0.4, 0.5) is 0 Å². The average Bonchev–Trinajstić information content (AvgIpc) is 3.02. The molecule has 1 heterocycles. The first-order valence-electron chi connectivity index (χ1n) is 7.29. The van der Waals surface area contributed by atoms with Crippen LogP contribution in [0.1, 0.15) is 31.9 Å². The van der Waals surface area contributed by atoms with Crippen LogP contribution in [-0.2, 0) is 4.79 Å². The molecule has 1 aromatic heterocycles. The molecule has 0 spiro atoms. The summed E-state index contributed by atoms with van der Waals surface area (Å²) in [6.07, 6.45) is 5.97. The van der Waals surface area contributed by atoms with Crippen molar-refractivity contribution in [2.24, 2.45) is 0 Å². The number of rotatable bonds is 7. The van der Waals surface area contributed by atoms with E-state index in [1.165, 1.54) is 5.56 Å². The first-order valence-corrected chi connectivity index (χ1v) is 7.29. The Balaban J connectivity index is 1.85. The van der Waals surface area contributed by atoms with Gasteiger partial charge in [0, 0.05) is 43.6 Å². The minimum atomic E-state index is 0.0904. The van der Waals surface area contributed by atoms with E-state index in [-0.39, 0.29) is 11.9 Å². The van der Waals surface area contributed by atoms with Gasteiger partial charge in [0.05, 0.1) is 6.33 Å². The SMILES string of the molecule is CCNC(=O)CCNC(C)c1ccc(-n2ccnc2)cc1. The molecule has 0 fully saturated rings. The van der Waals surface area contributed by atoms with Crippen LogP contribution in [-0.4, -0.2) is 28.5 Å². The van der Waals surface area contributed by atoms with E-state index in [0.717, 1.165) is 5.69 Å². The molecule has 0 aliphatic heterocycles. The number of benzene rings is 1. The van der Waals surface area contributed by atoms with Gasteiger partial charge in [-0.2, -0.15) is 0 Å². The fourth-order valence-electron chi connectivity index (χ4n) is 2.15. The molecule has 1 aromatic carbocycles. The van der Waals surface area contributed by atoms with Crippen molar-refractivity contribution < 1.29 is 4.79 Å². The third-order valence-corrected chi connectivity index (χ3v) is 3.37. The van der Waals surface area contributed by atoms with E-state index < -0.39 is 0 Å². The lowest BCUT2D eigenvalue weighted by molar-refractivity contribution is -0.120. The maximum atomic E-state index is 11.4. The zero-order chi connectivity index (χ0) is 15.1. The molecular formula is C16H22N4O. The van der Waals surface area contributed by atoms with Gasteiger partial charge in [0.1, 0.15) is 0 Å². The number of hydrogen-bond donors (Lipinski definition) is 2. The first kappa shape index (κ1) is 15.3. The Morgan fingerprint density at radius 1 is 1.33 bits per heavy atom. The van der Waals surface area contributed by atoms with E-state index in [1.54, 1.807) is 12.5 Å². The minimum Gasteiger partial charge on any atom is -0.356 e. The molecule has 2 aromatic rings. The largest absolute Gasteiger partial charge is 0.356 e. The number of carbonyl (C=O) groups excluding carboxylic acids is 1. The topological polar surface area (TPSA) is 59.0 Å². The molecule has 2 rings (SSSR count). The third-order valence-electron chi connectivity index (χ3n) is 3.37. The zero-order valence-electron chi connectivity index (χ0n) is 12.5. The van der Waals surface area contributed by atoms with Crippen molar-refractivity contribution in [1.82, 2.24) is 20.2 Å². The maximum Gasteiger partial charge on any atom is 0.221 e. The summed E-state index contributed by atoms with van der Waals surface area (Å²) in [6.45, 7) is 5.39. The monoisotopic (exact) mass is 286 g/mol.